The van der Waals surface area contributed by atoms with Crippen LogP contribution in [0.25, 0.3) is 0 Å². The van der Waals surface area contributed by atoms with E-state index in [1.54, 1.807) is 49.4 Å². The van der Waals surface area contributed by atoms with E-state index in [9.17, 15) is 18.0 Å². The summed E-state index contributed by atoms with van der Waals surface area (Å²) in [6.07, 6.45) is 0.870. The van der Waals surface area contributed by atoms with Crippen molar-refractivity contribution < 1.29 is 22.7 Å². The molecule has 0 aromatic heterocycles. The summed E-state index contributed by atoms with van der Waals surface area (Å²) >= 11 is 18.6. The van der Waals surface area contributed by atoms with Gasteiger partial charge in [0.25, 0.3) is 10.0 Å². The number of para-hydroxylation sites is 2. The fourth-order valence-corrected chi connectivity index (χ4v) is 6.81. The number of benzene rings is 4. The minimum Gasteiger partial charge on any atom is -0.492 e. The Bertz CT molecular complexity index is 1770. The van der Waals surface area contributed by atoms with Crippen LogP contribution in [0.15, 0.2) is 102 Å². The summed E-state index contributed by atoms with van der Waals surface area (Å²) < 4.78 is 35.4. The first-order valence-corrected chi connectivity index (χ1v) is 17.7. The molecule has 1 N–H and O–H groups in total. The lowest BCUT2D eigenvalue weighted by molar-refractivity contribution is -0.140. The number of carbonyl (C=O) groups is 2. The van der Waals surface area contributed by atoms with E-state index < -0.39 is 28.5 Å². The van der Waals surface area contributed by atoms with Gasteiger partial charge in [0.2, 0.25) is 11.8 Å². The molecule has 47 heavy (non-hydrogen) atoms. The Morgan fingerprint density at radius 1 is 0.830 bits per heavy atom. The molecule has 0 heterocycles. The monoisotopic (exact) mass is 715 g/mol. The predicted molar refractivity (Wildman–Crippen MR) is 188 cm³/mol. The molecule has 0 aliphatic rings. The summed E-state index contributed by atoms with van der Waals surface area (Å²) in [4.78, 5) is 29.7. The van der Waals surface area contributed by atoms with Crippen molar-refractivity contribution in [3.05, 3.63) is 123 Å². The minimum absolute atomic E-state index is 0.0469. The van der Waals surface area contributed by atoms with Crippen LogP contribution < -0.4 is 14.4 Å². The standard InChI is InChI=1S/C35H36Cl3N3O5S/c1-3-20-39-35(43)32(22-25-10-6-5-7-11-25)40(23-26-14-19-29(37)30(38)21-26)34(42)24-41(31-12-8-9-13-33(31)46-4-2)47(44,45)28-17-15-27(36)16-18-28/h5-19,21,32H,3-4,20,22-24H2,1-2H3,(H,39,43)/t32-/m0/s1. The molecule has 1 atom stereocenters. The summed E-state index contributed by atoms with van der Waals surface area (Å²) in [6, 6.07) is 25.6. The van der Waals surface area contributed by atoms with Gasteiger partial charge in [0, 0.05) is 24.5 Å². The Kier molecular flexibility index (Phi) is 13.0. The van der Waals surface area contributed by atoms with Gasteiger partial charge < -0.3 is 15.0 Å². The van der Waals surface area contributed by atoms with Gasteiger partial charge >= 0.3 is 0 Å². The van der Waals surface area contributed by atoms with Crippen LogP contribution in [0, 0.1) is 0 Å². The number of carbonyl (C=O) groups excluding carboxylic acids is 2. The van der Waals surface area contributed by atoms with Crippen molar-refractivity contribution >= 4 is 62.3 Å². The largest absolute Gasteiger partial charge is 0.492 e. The third kappa shape index (κ3) is 9.41. The second kappa shape index (κ2) is 16.9. The maximum absolute atomic E-state index is 14.6. The normalized spacial score (nSPS) is 11.9. The molecule has 248 valence electrons. The van der Waals surface area contributed by atoms with Gasteiger partial charge in [-0.05, 0) is 73.0 Å². The van der Waals surface area contributed by atoms with Crippen molar-refractivity contribution in [3.8, 4) is 5.75 Å². The van der Waals surface area contributed by atoms with Gasteiger partial charge in [-0.3, -0.25) is 13.9 Å². The van der Waals surface area contributed by atoms with E-state index >= 15 is 0 Å². The highest BCUT2D eigenvalue weighted by Gasteiger charge is 2.35. The molecule has 0 aliphatic carbocycles. The van der Waals surface area contributed by atoms with Crippen molar-refractivity contribution in [2.24, 2.45) is 0 Å². The van der Waals surface area contributed by atoms with Crippen LogP contribution in [0.3, 0.4) is 0 Å². The first-order valence-electron chi connectivity index (χ1n) is 15.1. The Balaban J connectivity index is 1.84. The van der Waals surface area contributed by atoms with E-state index in [2.05, 4.69) is 5.32 Å². The van der Waals surface area contributed by atoms with Crippen molar-refractivity contribution in [2.75, 3.05) is 24.0 Å². The Morgan fingerprint density at radius 3 is 2.17 bits per heavy atom. The first-order chi connectivity index (χ1) is 22.5. The van der Waals surface area contributed by atoms with Gasteiger partial charge in [-0.2, -0.15) is 0 Å². The molecule has 0 radical (unpaired) electrons. The van der Waals surface area contributed by atoms with E-state index in [1.807, 2.05) is 37.3 Å². The quantitative estimate of drug-likeness (QED) is 0.138. The summed E-state index contributed by atoms with van der Waals surface area (Å²) in [5.41, 5.74) is 1.60. The Hall–Kier alpha value is -3.76. The van der Waals surface area contributed by atoms with Gasteiger partial charge in [-0.25, -0.2) is 8.42 Å². The molecule has 2 amide bonds. The van der Waals surface area contributed by atoms with Crippen LogP contribution in [-0.4, -0.2) is 50.9 Å². The highest BCUT2D eigenvalue weighted by molar-refractivity contribution is 7.92. The lowest BCUT2D eigenvalue weighted by atomic mass is 10.0. The van der Waals surface area contributed by atoms with E-state index in [1.165, 1.54) is 29.2 Å². The fourth-order valence-electron chi connectivity index (χ4n) is 4.94. The molecule has 0 saturated carbocycles. The van der Waals surface area contributed by atoms with Crippen molar-refractivity contribution in [1.82, 2.24) is 10.2 Å². The number of hydrogen-bond acceptors (Lipinski definition) is 5. The number of sulfonamides is 1. The molecule has 0 fully saturated rings. The average molecular weight is 717 g/mol. The molecule has 4 aromatic carbocycles. The smallest absolute Gasteiger partial charge is 0.264 e. The molecule has 4 aromatic rings. The first kappa shape index (κ1) is 36.1. The maximum atomic E-state index is 14.6. The maximum Gasteiger partial charge on any atom is 0.264 e. The number of amides is 2. The topological polar surface area (TPSA) is 96.0 Å². The predicted octanol–water partition coefficient (Wildman–Crippen LogP) is 7.41. The van der Waals surface area contributed by atoms with Crippen molar-refractivity contribution in [1.29, 1.82) is 0 Å². The van der Waals surface area contributed by atoms with Gasteiger partial charge in [-0.1, -0.05) is 90.3 Å². The van der Waals surface area contributed by atoms with Gasteiger partial charge in [0.05, 0.1) is 27.2 Å². The van der Waals surface area contributed by atoms with Crippen LogP contribution in [0.5, 0.6) is 5.75 Å². The highest BCUT2D eigenvalue weighted by atomic mass is 35.5. The molecule has 12 heteroatoms. The minimum atomic E-state index is -4.34. The molecule has 0 aliphatic heterocycles. The number of ether oxygens (including phenoxy) is 1. The molecule has 8 nitrogen and oxygen atoms in total. The van der Waals surface area contributed by atoms with E-state index in [0.717, 1.165) is 9.87 Å². The number of hydrogen-bond donors (Lipinski definition) is 1. The van der Waals surface area contributed by atoms with Crippen LogP contribution >= 0.6 is 34.8 Å². The number of anilines is 1. The van der Waals surface area contributed by atoms with E-state index in [-0.39, 0.29) is 46.8 Å². The zero-order valence-corrected chi connectivity index (χ0v) is 29.1. The van der Waals surface area contributed by atoms with Gasteiger partial charge in [-0.15, -0.1) is 0 Å². The zero-order valence-electron chi connectivity index (χ0n) is 26.0. The summed E-state index contributed by atoms with van der Waals surface area (Å²) in [7, 11) is -4.34. The second-order valence-corrected chi connectivity index (χ2v) is 13.7. The number of halogens is 3. The second-order valence-electron chi connectivity index (χ2n) is 10.6. The molecule has 0 bridgehead atoms. The van der Waals surface area contributed by atoms with Crippen molar-refractivity contribution in [2.45, 2.75) is 44.2 Å². The SMILES string of the molecule is CCCNC(=O)[C@H](Cc1ccccc1)N(Cc1ccc(Cl)c(Cl)c1)C(=O)CN(c1ccccc1OCC)S(=O)(=O)c1ccc(Cl)cc1. The highest BCUT2D eigenvalue weighted by Crippen LogP contribution is 2.33. The lowest BCUT2D eigenvalue weighted by Crippen LogP contribution is -2.53. The Labute approximate surface area is 291 Å². The third-order valence-electron chi connectivity index (χ3n) is 7.27. The van der Waals surface area contributed by atoms with Crippen LogP contribution in [0.2, 0.25) is 15.1 Å². The van der Waals surface area contributed by atoms with Gasteiger partial charge in [0.15, 0.2) is 0 Å². The fraction of sp³-hybridized carbons (Fsp3) is 0.257. The zero-order chi connectivity index (χ0) is 34.0. The lowest BCUT2D eigenvalue weighted by Gasteiger charge is -2.34. The summed E-state index contributed by atoms with van der Waals surface area (Å²) in [5.74, 6) is -0.712. The molecular formula is C35H36Cl3N3O5S. The molecule has 0 unspecified atom stereocenters. The van der Waals surface area contributed by atoms with Crippen LogP contribution in [0.1, 0.15) is 31.4 Å². The van der Waals surface area contributed by atoms with Crippen molar-refractivity contribution in [3.63, 3.8) is 0 Å². The third-order valence-corrected chi connectivity index (χ3v) is 10.0. The molecule has 0 saturated heterocycles. The number of rotatable bonds is 15. The summed E-state index contributed by atoms with van der Waals surface area (Å²) in [6.45, 7) is 3.69. The summed E-state index contributed by atoms with van der Waals surface area (Å²) in [5, 5.41) is 3.90. The van der Waals surface area contributed by atoms with E-state index in [0.29, 0.717) is 28.6 Å². The average Bonchev–Trinajstić information content (AvgIpc) is 3.06. The molecule has 0 spiro atoms. The number of nitrogens with one attached hydrogen (secondary N) is 1. The van der Waals surface area contributed by atoms with Crippen LogP contribution in [0.4, 0.5) is 5.69 Å². The van der Waals surface area contributed by atoms with Gasteiger partial charge in [0.1, 0.15) is 18.3 Å². The molecule has 4 rings (SSSR count). The van der Waals surface area contributed by atoms with E-state index in [4.69, 9.17) is 39.5 Å². The Morgan fingerprint density at radius 2 is 1.51 bits per heavy atom. The molecular weight excluding hydrogens is 681 g/mol. The number of nitrogens with zero attached hydrogens (tertiary/aromatic N) is 2. The van der Waals surface area contributed by atoms with Crippen LogP contribution in [-0.2, 0) is 32.6 Å².